The molecule has 0 saturated heterocycles. The van der Waals surface area contributed by atoms with Gasteiger partial charge in [0, 0.05) is 12.2 Å². The lowest BCUT2D eigenvalue weighted by Crippen LogP contribution is -2.26. The fourth-order valence-electron chi connectivity index (χ4n) is 0.294. The molecular weight excluding hydrogens is 154 g/mol. The Morgan fingerprint density at radius 3 is 2.00 bits per heavy atom. The highest BCUT2D eigenvalue weighted by atomic mass is 16.4. The van der Waals surface area contributed by atoms with Gasteiger partial charge in [-0.15, -0.1) is 0 Å². The molecule has 0 fully saturated rings. The lowest BCUT2D eigenvalue weighted by Gasteiger charge is -1.89. The van der Waals surface area contributed by atoms with Gasteiger partial charge in [0.05, 0.1) is 0 Å². The highest BCUT2D eigenvalue weighted by molar-refractivity contribution is 6.00. The van der Waals surface area contributed by atoms with E-state index in [0.717, 1.165) is 0 Å². The second-order valence-corrected chi connectivity index (χ2v) is 1.47. The Kier molecular flexibility index (Phi) is 3.36. The molecule has 0 aromatic heterocycles. The first-order valence-corrected chi connectivity index (χ1v) is 2.47. The first-order valence-electron chi connectivity index (χ1n) is 2.47. The zero-order chi connectivity index (χ0) is 8.85. The van der Waals surface area contributed by atoms with Crippen molar-refractivity contribution >= 4 is 18.0 Å². The van der Waals surface area contributed by atoms with Crippen molar-refractivity contribution < 1.29 is 24.6 Å². The normalized spacial score (nSPS) is 9.45. The molecule has 0 saturated carbocycles. The lowest BCUT2D eigenvalue weighted by atomic mass is 10.5. The van der Waals surface area contributed by atoms with Gasteiger partial charge in [0.2, 0.25) is 0 Å². The highest BCUT2D eigenvalue weighted by Gasteiger charge is 2.00. The maximum atomic E-state index is 10.3. The van der Waals surface area contributed by atoms with Gasteiger partial charge in [0.1, 0.15) is 0 Å². The van der Waals surface area contributed by atoms with Crippen LogP contribution in [-0.2, 0) is 9.59 Å². The van der Waals surface area contributed by atoms with Crippen LogP contribution >= 0.6 is 0 Å². The summed E-state index contributed by atoms with van der Waals surface area (Å²) in [4.78, 5) is 29.8. The molecule has 0 unspecified atom stereocenters. The quantitative estimate of drug-likeness (QED) is 0.467. The predicted octanol–water partition coefficient (Wildman–Crippen LogP) is -0.579. The summed E-state index contributed by atoms with van der Waals surface area (Å²) in [5.74, 6) is -2.30. The highest BCUT2D eigenvalue weighted by Crippen LogP contribution is 1.73. The minimum absolute atomic E-state index is 0.540. The van der Waals surface area contributed by atoms with Gasteiger partial charge in [-0.25, -0.2) is 9.59 Å². The molecule has 0 aliphatic heterocycles. The number of aliphatic carboxylic acids is 1. The number of hydrogen-bond acceptors (Lipinski definition) is 3. The van der Waals surface area contributed by atoms with Crippen LogP contribution in [0, 0.1) is 0 Å². The third-order valence-electron chi connectivity index (χ3n) is 0.607. The number of carbonyl (C=O) groups is 3. The molecule has 2 amide bonds. The fraction of sp³-hybridized carbons (Fsp3) is 0. The molecule has 0 aromatic rings. The predicted molar refractivity (Wildman–Crippen MR) is 32.9 cm³/mol. The van der Waals surface area contributed by atoms with Gasteiger partial charge in [0.25, 0.3) is 5.91 Å². The lowest BCUT2D eigenvalue weighted by molar-refractivity contribution is -0.131. The van der Waals surface area contributed by atoms with Crippen LogP contribution < -0.4 is 5.32 Å². The Balaban J connectivity index is 3.88. The van der Waals surface area contributed by atoms with Gasteiger partial charge in [-0.1, -0.05) is 0 Å². The number of imide groups is 1. The van der Waals surface area contributed by atoms with E-state index in [2.05, 4.69) is 0 Å². The van der Waals surface area contributed by atoms with E-state index < -0.39 is 18.0 Å². The van der Waals surface area contributed by atoms with Crippen LogP contribution in [-0.4, -0.2) is 28.2 Å². The van der Waals surface area contributed by atoms with Crippen LogP contribution in [0.5, 0.6) is 0 Å². The molecule has 0 spiro atoms. The summed E-state index contributed by atoms with van der Waals surface area (Å²) < 4.78 is 0. The second-order valence-electron chi connectivity index (χ2n) is 1.47. The summed E-state index contributed by atoms with van der Waals surface area (Å²) in [6, 6.07) is 0. The molecule has 0 radical (unpaired) electrons. The van der Waals surface area contributed by atoms with Crippen LogP contribution in [0.2, 0.25) is 0 Å². The number of carboxylic acid groups (broad SMARTS) is 2. The number of hydrogen-bond donors (Lipinski definition) is 3. The van der Waals surface area contributed by atoms with Crippen molar-refractivity contribution in [3.63, 3.8) is 0 Å². The van der Waals surface area contributed by atoms with Crippen molar-refractivity contribution in [3.05, 3.63) is 12.2 Å². The zero-order valence-electron chi connectivity index (χ0n) is 5.27. The Bertz CT molecular complexity index is 219. The third kappa shape index (κ3) is 6.03. The summed E-state index contributed by atoms with van der Waals surface area (Å²) in [5, 5.41) is 17.3. The minimum Gasteiger partial charge on any atom is -0.478 e. The van der Waals surface area contributed by atoms with Gasteiger partial charge < -0.3 is 10.2 Å². The average molecular weight is 159 g/mol. The Morgan fingerprint density at radius 1 is 1.09 bits per heavy atom. The van der Waals surface area contributed by atoms with Crippen molar-refractivity contribution in [2.45, 2.75) is 0 Å². The molecule has 3 N–H and O–H groups in total. The van der Waals surface area contributed by atoms with Crippen molar-refractivity contribution in [2.24, 2.45) is 0 Å². The van der Waals surface area contributed by atoms with Crippen LogP contribution in [0.1, 0.15) is 0 Å². The van der Waals surface area contributed by atoms with Crippen molar-refractivity contribution in [3.8, 4) is 0 Å². The van der Waals surface area contributed by atoms with Crippen LogP contribution in [0.4, 0.5) is 4.79 Å². The first-order chi connectivity index (χ1) is 5.02. The third-order valence-corrected chi connectivity index (χ3v) is 0.607. The largest absolute Gasteiger partial charge is 0.478 e. The molecular formula is C5H5NO5. The molecule has 60 valence electrons. The van der Waals surface area contributed by atoms with E-state index in [1.807, 2.05) is 0 Å². The molecule has 0 bridgehead atoms. The van der Waals surface area contributed by atoms with E-state index in [0.29, 0.717) is 12.2 Å². The number of nitrogens with one attached hydrogen (secondary N) is 1. The number of carboxylic acids is 1. The monoisotopic (exact) mass is 159 g/mol. The van der Waals surface area contributed by atoms with Crippen LogP contribution in [0.15, 0.2) is 12.2 Å². The van der Waals surface area contributed by atoms with E-state index in [4.69, 9.17) is 10.2 Å². The number of rotatable bonds is 2. The minimum atomic E-state index is -1.52. The maximum absolute atomic E-state index is 10.3. The van der Waals surface area contributed by atoms with Gasteiger partial charge in [-0.2, -0.15) is 0 Å². The summed E-state index contributed by atoms with van der Waals surface area (Å²) in [7, 11) is 0. The summed E-state index contributed by atoms with van der Waals surface area (Å²) in [6.45, 7) is 0. The van der Waals surface area contributed by atoms with Crippen LogP contribution in [0.25, 0.3) is 0 Å². The summed E-state index contributed by atoms with van der Waals surface area (Å²) in [6.07, 6.45) is -0.376. The van der Waals surface area contributed by atoms with Gasteiger partial charge >= 0.3 is 12.1 Å². The average Bonchev–Trinajstić information content (AvgIpc) is 1.82. The van der Waals surface area contributed by atoms with Crippen LogP contribution in [0.3, 0.4) is 0 Å². The maximum Gasteiger partial charge on any atom is 0.411 e. The van der Waals surface area contributed by atoms with Crippen molar-refractivity contribution in [1.29, 1.82) is 0 Å². The summed E-state index contributed by atoms with van der Waals surface area (Å²) >= 11 is 0. The van der Waals surface area contributed by atoms with Crippen molar-refractivity contribution in [2.75, 3.05) is 0 Å². The molecule has 0 aliphatic carbocycles. The second kappa shape index (κ2) is 4.04. The fourth-order valence-corrected chi connectivity index (χ4v) is 0.294. The molecule has 0 heterocycles. The molecule has 0 atom stereocenters. The van der Waals surface area contributed by atoms with E-state index in [9.17, 15) is 14.4 Å². The Labute approximate surface area is 61.1 Å². The molecule has 6 heteroatoms. The van der Waals surface area contributed by atoms with Crippen molar-refractivity contribution in [1.82, 2.24) is 5.32 Å². The summed E-state index contributed by atoms with van der Waals surface area (Å²) in [5.41, 5.74) is 0. The Morgan fingerprint density at radius 2 is 1.64 bits per heavy atom. The zero-order valence-corrected chi connectivity index (χ0v) is 5.27. The van der Waals surface area contributed by atoms with E-state index in [-0.39, 0.29) is 0 Å². The molecule has 11 heavy (non-hydrogen) atoms. The standard InChI is InChI=1S/C5H5NO5/c7-3(6-5(10)11)1-2-4(8)9/h1-2H,(H,6,7)(H,8,9)(H,10,11)/b2-1-. The SMILES string of the molecule is O=C(O)/C=C\C(=O)NC(=O)O. The first kappa shape index (κ1) is 9.15. The van der Waals surface area contributed by atoms with E-state index in [1.54, 1.807) is 0 Å². The molecule has 0 aromatic carbocycles. The van der Waals surface area contributed by atoms with E-state index in [1.165, 1.54) is 5.32 Å². The number of amides is 2. The van der Waals surface area contributed by atoms with Gasteiger partial charge in [-0.05, 0) is 0 Å². The van der Waals surface area contributed by atoms with E-state index >= 15 is 0 Å². The molecule has 0 aliphatic rings. The molecule has 0 rings (SSSR count). The Hall–Kier alpha value is -1.85. The van der Waals surface area contributed by atoms with Gasteiger partial charge in [-0.3, -0.25) is 10.1 Å². The van der Waals surface area contributed by atoms with Gasteiger partial charge in [0.15, 0.2) is 0 Å². The number of carbonyl (C=O) groups excluding carboxylic acids is 1. The smallest absolute Gasteiger partial charge is 0.411 e. The topological polar surface area (TPSA) is 104 Å². The molecule has 6 nitrogen and oxygen atoms in total.